The van der Waals surface area contributed by atoms with Gasteiger partial charge in [-0.2, -0.15) is 5.26 Å². The molecule has 6 rings (SSSR count). The van der Waals surface area contributed by atoms with Gasteiger partial charge in [0.25, 0.3) is 0 Å². The summed E-state index contributed by atoms with van der Waals surface area (Å²) in [6.07, 6.45) is 5.63. The molecule has 1 N–H and O–H groups in total. The standard InChI is InChI=1S/C31H31Cl2N5O4/c1-37-6-4-31(5-7-37)17-38(18-31)15-20-8-21(16-41-20)42-29-11-25-22(9-28(29)40-3)30(19(13-34)14-35-25)36-26-12-27(39-2)24(33)10-23(26)32/h8-12,14,16H,4-7,15,17-18H2,1-3H3,(H,35,36). The molecule has 42 heavy (non-hydrogen) atoms. The number of ether oxygens (including phenoxy) is 3. The van der Waals surface area contributed by atoms with Crippen molar-refractivity contribution in [2.45, 2.75) is 19.4 Å². The quantitative estimate of drug-likeness (QED) is 0.225. The molecule has 2 aromatic carbocycles. The van der Waals surface area contributed by atoms with Crippen molar-refractivity contribution in [1.82, 2.24) is 14.8 Å². The van der Waals surface area contributed by atoms with Crippen LogP contribution in [0.3, 0.4) is 0 Å². The first-order valence-corrected chi connectivity index (χ1v) is 14.4. The molecule has 4 aromatic rings. The highest BCUT2D eigenvalue weighted by Crippen LogP contribution is 2.43. The number of aromatic nitrogens is 1. The Morgan fingerprint density at radius 3 is 2.50 bits per heavy atom. The van der Waals surface area contributed by atoms with E-state index in [1.807, 2.05) is 6.07 Å². The third-order valence-corrected chi connectivity index (χ3v) is 8.79. The van der Waals surface area contributed by atoms with Gasteiger partial charge in [0.05, 0.1) is 53.3 Å². The normalized spacial score (nSPS) is 16.7. The van der Waals surface area contributed by atoms with Gasteiger partial charge in [-0.15, -0.1) is 0 Å². The number of hydrogen-bond donors (Lipinski definition) is 1. The molecule has 2 aliphatic rings. The molecule has 0 saturated carbocycles. The number of likely N-dealkylation sites (tertiary alicyclic amines) is 2. The Labute approximate surface area is 254 Å². The molecule has 2 aromatic heterocycles. The van der Waals surface area contributed by atoms with Gasteiger partial charge in [0.1, 0.15) is 23.8 Å². The number of hydrogen-bond acceptors (Lipinski definition) is 9. The minimum atomic E-state index is 0.329. The van der Waals surface area contributed by atoms with Gasteiger partial charge < -0.3 is 28.8 Å². The molecule has 1 spiro atoms. The first-order chi connectivity index (χ1) is 20.3. The fourth-order valence-corrected chi connectivity index (χ4v) is 6.35. The van der Waals surface area contributed by atoms with Crippen molar-refractivity contribution < 1.29 is 18.6 Å². The molecule has 0 unspecified atom stereocenters. The number of rotatable bonds is 8. The number of halogens is 2. The van der Waals surface area contributed by atoms with Crippen LogP contribution in [0.1, 0.15) is 24.2 Å². The van der Waals surface area contributed by atoms with Crippen molar-refractivity contribution in [1.29, 1.82) is 5.26 Å². The molecule has 0 bridgehead atoms. The minimum Gasteiger partial charge on any atom is -0.495 e. The molecule has 0 aliphatic carbocycles. The topological polar surface area (TPSA) is 96.0 Å². The van der Waals surface area contributed by atoms with E-state index in [4.69, 9.17) is 41.8 Å². The van der Waals surface area contributed by atoms with Crippen molar-refractivity contribution in [2.75, 3.05) is 52.8 Å². The Bertz CT molecular complexity index is 1670. The zero-order valence-electron chi connectivity index (χ0n) is 23.7. The summed E-state index contributed by atoms with van der Waals surface area (Å²) >= 11 is 12.7. The number of nitriles is 1. The van der Waals surface area contributed by atoms with Gasteiger partial charge in [0, 0.05) is 42.9 Å². The maximum absolute atomic E-state index is 9.84. The van der Waals surface area contributed by atoms with Gasteiger partial charge in [-0.25, -0.2) is 0 Å². The minimum absolute atomic E-state index is 0.329. The van der Waals surface area contributed by atoms with E-state index in [1.165, 1.54) is 39.2 Å². The molecule has 9 nitrogen and oxygen atoms in total. The number of anilines is 2. The summed E-state index contributed by atoms with van der Waals surface area (Å²) in [6, 6.07) is 10.9. The van der Waals surface area contributed by atoms with Crippen LogP contribution in [0, 0.1) is 16.7 Å². The second kappa shape index (κ2) is 11.5. The van der Waals surface area contributed by atoms with Crippen LogP contribution in [0.25, 0.3) is 10.9 Å². The van der Waals surface area contributed by atoms with Crippen LogP contribution in [0.5, 0.6) is 23.0 Å². The van der Waals surface area contributed by atoms with E-state index >= 15 is 0 Å². The lowest BCUT2D eigenvalue weighted by molar-refractivity contribution is -0.0498. The number of fused-ring (bicyclic) bond motifs is 1. The molecule has 218 valence electrons. The highest BCUT2D eigenvalue weighted by atomic mass is 35.5. The van der Waals surface area contributed by atoms with Crippen LogP contribution >= 0.6 is 23.2 Å². The molecule has 11 heteroatoms. The molecular formula is C31H31Cl2N5O4. The van der Waals surface area contributed by atoms with Gasteiger partial charge >= 0.3 is 0 Å². The number of benzene rings is 2. The van der Waals surface area contributed by atoms with Gasteiger partial charge in [0.15, 0.2) is 17.2 Å². The number of nitrogens with one attached hydrogen (secondary N) is 1. The molecule has 0 amide bonds. The summed E-state index contributed by atoms with van der Waals surface area (Å²) in [5.74, 6) is 2.82. The van der Waals surface area contributed by atoms with Crippen molar-refractivity contribution >= 4 is 45.5 Å². The summed E-state index contributed by atoms with van der Waals surface area (Å²) < 4.78 is 23.1. The second-order valence-corrected chi connectivity index (χ2v) is 11.9. The molecule has 0 atom stereocenters. The maximum atomic E-state index is 9.84. The lowest BCUT2D eigenvalue weighted by Crippen LogP contribution is -2.59. The fraction of sp³-hybridized carbons (Fsp3) is 0.355. The van der Waals surface area contributed by atoms with Crippen molar-refractivity contribution in [3.8, 4) is 29.1 Å². The van der Waals surface area contributed by atoms with E-state index in [2.05, 4.69) is 33.2 Å². The van der Waals surface area contributed by atoms with E-state index in [-0.39, 0.29) is 0 Å². The third kappa shape index (κ3) is 5.55. The van der Waals surface area contributed by atoms with Crippen molar-refractivity contribution in [2.24, 2.45) is 5.41 Å². The number of piperidine rings is 1. The van der Waals surface area contributed by atoms with E-state index in [0.717, 1.165) is 25.4 Å². The molecule has 2 fully saturated rings. The van der Waals surface area contributed by atoms with Crippen LogP contribution in [0.4, 0.5) is 11.4 Å². The molecule has 0 radical (unpaired) electrons. The summed E-state index contributed by atoms with van der Waals surface area (Å²) in [4.78, 5) is 9.34. The number of pyridine rings is 1. The Hall–Kier alpha value is -3.68. The zero-order valence-corrected chi connectivity index (χ0v) is 25.2. The molecule has 2 aliphatic heterocycles. The molecule has 4 heterocycles. The largest absolute Gasteiger partial charge is 0.495 e. The Kier molecular flexibility index (Phi) is 7.81. The van der Waals surface area contributed by atoms with E-state index in [0.29, 0.717) is 66.3 Å². The van der Waals surface area contributed by atoms with Gasteiger partial charge in [-0.1, -0.05) is 23.2 Å². The van der Waals surface area contributed by atoms with Gasteiger partial charge in [0.2, 0.25) is 0 Å². The second-order valence-electron chi connectivity index (χ2n) is 11.1. The summed E-state index contributed by atoms with van der Waals surface area (Å²) in [5, 5.41) is 14.5. The van der Waals surface area contributed by atoms with Crippen LogP contribution < -0.4 is 19.5 Å². The lowest BCUT2D eigenvalue weighted by Gasteiger charge is -2.53. The summed E-state index contributed by atoms with van der Waals surface area (Å²) in [6.45, 7) is 5.32. The van der Waals surface area contributed by atoms with Crippen LogP contribution in [0.2, 0.25) is 10.0 Å². The Morgan fingerprint density at radius 1 is 1.02 bits per heavy atom. The van der Waals surface area contributed by atoms with Gasteiger partial charge in [-0.3, -0.25) is 9.88 Å². The maximum Gasteiger partial charge on any atom is 0.171 e. The number of nitrogens with zero attached hydrogens (tertiary/aromatic N) is 4. The fourth-order valence-electron chi connectivity index (χ4n) is 5.84. The predicted octanol–water partition coefficient (Wildman–Crippen LogP) is 7.09. The third-order valence-electron chi connectivity index (χ3n) is 8.18. The Balaban J connectivity index is 1.22. The van der Waals surface area contributed by atoms with E-state index in [9.17, 15) is 5.26 Å². The molecule has 2 saturated heterocycles. The number of furan rings is 1. The smallest absolute Gasteiger partial charge is 0.171 e. The first kappa shape index (κ1) is 28.4. The van der Waals surface area contributed by atoms with Crippen molar-refractivity contribution in [3.63, 3.8) is 0 Å². The zero-order chi connectivity index (χ0) is 29.4. The highest BCUT2D eigenvalue weighted by molar-refractivity contribution is 6.37. The van der Waals surface area contributed by atoms with Crippen molar-refractivity contribution in [3.05, 3.63) is 64.2 Å². The lowest BCUT2D eigenvalue weighted by atomic mass is 9.72. The van der Waals surface area contributed by atoms with E-state index < -0.39 is 0 Å². The SMILES string of the molecule is COc1cc(Nc2c(C#N)cnc3cc(Oc4coc(CN5CC6(CCN(C)CC6)C5)c4)c(OC)cc23)c(Cl)cc1Cl. The highest BCUT2D eigenvalue weighted by Gasteiger charge is 2.44. The summed E-state index contributed by atoms with van der Waals surface area (Å²) in [5.41, 5.74) is 2.43. The van der Waals surface area contributed by atoms with Crippen LogP contribution in [0.15, 0.2) is 47.2 Å². The monoisotopic (exact) mass is 607 g/mol. The Morgan fingerprint density at radius 2 is 1.79 bits per heavy atom. The predicted molar refractivity (Wildman–Crippen MR) is 163 cm³/mol. The average molecular weight is 609 g/mol. The summed E-state index contributed by atoms with van der Waals surface area (Å²) in [7, 11) is 5.28. The van der Waals surface area contributed by atoms with Gasteiger partial charge in [-0.05, 0) is 50.5 Å². The van der Waals surface area contributed by atoms with Crippen LogP contribution in [-0.2, 0) is 6.54 Å². The molecular weight excluding hydrogens is 577 g/mol. The average Bonchev–Trinajstić information content (AvgIpc) is 3.41. The number of methoxy groups -OCH3 is 2. The van der Waals surface area contributed by atoms with E-state index in [1.54, 1.807) is 37.6 Å². The van der Waals surface area contributed by atoms with Crippen LogP contribution in [-0.4, -0.2) is 62.2 Å². The first-order valence-electron chi connectivity index (χ1n) is 13.7.